The lowest BCUT2D eigenvalue weighted by molar-refractivity contribution is 0.324. The van der Waals surface area contributed by atoms with Gasteiger partial charge in [-0.2, -0.15) is 0 Å². The molecule has 1 aromatic heterocycles. The molecule has 0 aliphatic rings. The lowest BCUT2D eigenvalue weighted by Gasteiger charge is -2.02. The molecule has 3 aromatic rings. The third-order valence-corrected chi connectivity index (χ3v) is 4.18. The first-order valence-corrected chi connectivity index (χ1v) is 8.82. The van der Waals surface area contributed by atoms with E-state index in [2.05, 4.69) is 10.1 Å². The molecular weight excluding hydrogens is 373 g/mol. The molecule has 0 amide bonds. The molecule has 0 radical (unpaired) electrons. The van der Waals surface area contributed by atoms with E-state index in [4.69, 9.17) is 27.9 Å². The smallest absolute Gasteiger partial charge is 0.284 e. The van der Waals surface area contributed by atoms with Crippen molar-refractivity contribution in [2.24, 2.45) is 4.99 Å². The fraction of sp³-hybridized carbons (Fsp3) is 0.158. The van der Waals surface area contributed by atoms with Crippen LogP contribution in [0.3, 0.4) is 0 Å². The monoisotopic (exact) mass is 389 g/mol. The quantitative estimate of drug-likeness (QED) is 0.631. The minimum absolute atomic E-state index is 0.240. The summed E-state index contributed by atoms with van der Waals surface area (Å²) in [5.41, 5.74) is 1.79. The Balaban J connectivity index is 1.89. The lowest BCUT2D eigenvalue weighted by Crippen LogP contribution is -2.17. The molecule has 7 heteroatoms. The summed E-state index contributed by atoms with van der Waals surface area (Å²) in [4.78, 5) is 17.1. The van der Waals surface area contributed by atoms with Crippen molar-refractivity contribution in [2.75, 3.05) is 6.61 Å². The maximum atomic E-state index is 12.7. The van der Waals surface area contributed by atoms with Crippen LogP contribution in [0.15, 0.2) is 58.3 Å². The van der Waals surface area contributed by atoms with Gasteiger partial charge in [0.25, 0.3) is 5.56 Å². The Labute approximate surface area is 160 Å². The van der Waals surface area contributed by atoms with Crippen LogP contribution < -0.4 is 10.3 Å². The molecule has 0 aliphatic carbocycles. The predicted octanol–water partition coefficient (Wildman–Crippen LogP) is 4.49. The maximum Gasteiger partial charge on any atom is 0.284 e. The maximum absolute atomic E-state index is 12.7. The van der Waals surface area contributed by atoms with Crippen LogP contribution in [0.2, 0.25) is 10.0 Å². The first-order valence-electron chi connectivity index (χ1n) is 8.06. The summed E-state index contributed by atoms with van der Waals surface area (Å²) in [5, 5.41) is 4.25. The molecule has 0 bridgehead atoms. The van der Waals surface area contributed by atoms with Crippen LogP contribution in [-0.4, -0.2) is 22.6 Å². The van der Waals surface area contributed by atoms with Gasteiger partial charge in [-0.3, -0.25) is 14.9 Å². The Morgan fingerprint density at radius 2 is 1.69 bits per heavy atom. The van der Waals surface area contributed by atoms with E-state index in [-0.39, 0.29) is 5.56 Å². The van der Waals surface area contributed by atoms with Crippen molar-refractivity contribution in [1.29, 1.82) is 0 Å². The van der Waals surface area contributed by atoms with E-state index in [1.807, 2.05) is 31.2 Å². The molecule has 0 saturated carbocycles. The largest absolute Gasteiger partial charge is 0.478 e. The fourth-order valence-electron chi connectivity index (χ4n) is 2.40. The topological polar surface area (TPSA) is 59.4 Å². The van der Waals surface area contributed by atoms with Gasteiger partial charge in [0.2, 0.25) is 5.88 Å². The van der Waals surface area contributed by atoms with Crippen molar-refractivity contribution >= 4 is 29.4 Å². The number of H-pyrrole nitrogens is 1. The van der Waals surface area contributed by atoms with Gasteiger partial charge in [-0.05, 0) is 48.9 Å². The van der Waals surface area contributed by atoms with Crippen molar-refractivity contribution in [3.63, 3.8) is 0 Å². The number of aromatic nitrogens is 2. The standard InChI is InChI=1S/C19H17Cl2N3O2/c1-2-26-18-17(12-22-11-13-3-5-14(20)6-4-13)19(25)24(23-18)16-9-7-15(21)8-10-16/h3-10,12,23H,2,11H2,1H3. The van der Waals surface area contributed by atoms with Crippen LogP contribution in [0.4, 0.5) is 0 Å². The molecule has 0 unspecified atom stereocenters. The van der Waals surface area contributed by atoms with Gasteiger partial charge in [0, 0.05) is 16.3 Å². The van der Waals surface area contributed by atoms with Gasteiger partial charge < -0.3 is 4.74 Å². The van der Waals surface area contributed by atoms with Gasteiger partial charge in [-0.1, -0.05) is 35.3 Å². The molecule has 0 saturated heterocycles. The molecule has 1 heterocycles. The molecular formula is C19H17Cl2N3O2. The molecule has 5 nitrogen and oxygen atoms in total. The molecule has 0 aliphatic heterocycles. The van der Waals surface area contributed by atoms with E-state index in [1.54, 1.807) is 24.3 Å². The number of nitrogens with one attached hydrogen (secondary N) is 1. The summed E-state index contributed by atoms with van der Waals surface area (Å²) < 4.78 is 6.96. The molecule has 2 aromatic carbocycles. The number of hydrogen-bond acceptors (Lipinski definition) is 3. The minimum Gasteiger partial charge on any atom is -0.478 e. The van der Waals surface area contributed by atoms with E-state index in [1.165, 1.54) is 10.9 Å². The third kappa shape index (κ3) is 4.18. The van der Waals surface area contributed by atoms with Crippen LogP contribution in [0.5, 0.6) is 5.88 Å². The van der Waals surface area contributed by atoms with Crippen LogP contribution in [-0.2, 0) is 6.54 Å². The SMILES string of the molecule is CCOc1[nH]n(-c2ccc(Cl)cc2)c(=O)c1C=NCc1ccc(Cl)cc1. The van der Waals surface area contributed by atoms with Crippen LogP contribution in [0.25, 0.3) is 5.69 Å². The average molecular weight is 390 g/mol. The Bertz CT molecular complexity index is 958. The van der Waals surface area contributed by atoms with E-state index >= 15 is 0 Å². The second-order valence-corrected chi connectivity index (χ2v) is 6.37. The van der Waals surface area contributed by atoms with E-state index in [0.717, 1.165) is 5.56 Å². The van der Waals surface area contributed by atoms with Crippen molar-refractivity contribution in [1.82, 2.24) is 9.78 Å². The number of halogens is 2. The number of rotatable bonds is 6. The zero-order chi connectivity index (χ0) is 18.5. The normalized spacial score (nSPS) is 11.2. The molecule has 26 heavy (non-hydrogen) atoms. The van der Waals surface area contributed by atoms with Gasteiger partial charge in [-0.15, -0.1) is 0 Å². The number of hydrogen-bond donors (Lipinski definition) is 1. The fourth-order valence-corrected chi connectivity index (χ4v) is 2.65. The van der Waals surface area contributed by atoms with Crippen molar-refractivity contribution in [3.8, 4) is 11.6 Å². The van der Waals surface area contributed by atoms with Crippen molar-refractivity contribution in [3.05, 3.63) is 80.1 Å². The summed E-state index contributed by atoms with van der Waals surface area (Å²) in [6, 6.07) is 14.4. The van der Waals surface area contributed by atoms with Crippen LogP contribution in [0.1, 0.15) is 18.1 Å². The number of ether oxygens (including phenoxy) is 1. The molecule has 1 N–H and O–H groups in total. The van der Waals surface area contributed by atoms with Crippen LogP contribution >= 0.6 is 23.2 Å². The lowest BCUT2D eigenvalue weighted by atomic mass is 10.2. The van der Waals surface area contributed by atoms with Gasteiger partial charge in [0.15, 0.2) is 0 Å². The first kappa shape index (κ1) is 18.3. The molecule has 0 fully saturated rings. The highest BCUT2D eigenvalue weighted by molar-refractivity contribution is 6.30. The van der Waals surface area contributed by atoms with Crippen molar-refractivity contribution < 1.29 is 4.74 Å². The Hall–Kier alpha value is -2.50. The minimum atomic E-state index is -0.240. The second kappa shape index (κ2) is 8.25. The summed E-state index contributed by atoms with van der Waals surface area (Å²) >= 11 is 11.8. The number of aliphatic imine (C=N–C) groups is 1. The Kier molecular flexibility index (Phi) is 5.81. The second-order valence-electron chi connectivity index (χ2n) is 5.50. The number of nitrogens with zero attached hydrogens (tertiary/aromatic N) is 2. The Morgan fingerprint density at radius 3 is 2.31 bits per heavy atom. The molecule has 0 spiro atoms. The zero-order valence-electron chi connectivity index (χ0n) is 14.1. The zero-order valence-corrected chi connectivity index (χ0v) is 15.6. The van der Waals surface area contributed by atoms with Gasteiger partial charge in [0.1, 0.15) is 5.56 Å². The van der Waals surface area contributed by atoms with Crippen LogP contribution in [0, 0.1) is 0 Å². The van der Waals surface area contributed by atoms with Gasteiger partial charge in [0.05, 0.1) is 18.8 Å². The number of aromatic amines is 1. The van der Waals surface area contributed by atoms with E-state index < -0.39 is 0 Å². The highest BCUT2D eigenvalue weighted by Crippen LogP contribution is 2.16. The summed E-state index contributed by atoms with van der Waals surface area (Å²) in [7, 11) is 0. The highest BCUT2D eigenvalue weighted by Gasteiger charge is 2.14. The van der Waals surface area contributed by atoms with Crippen molar-refractivity contribution in [2.45, 2.75) is 13.5 Å². The summed E-state index contributed by atoms with van der Waals surface area (Å²) in [6.07, 6.45) is 1.53. The van der Waals surface area contributed by atoms with Gasteiger partial charge >= 0.3 is 0 Å². The average Bonchev–Trinajstić information content (AvgIpc) is 2.94. The molecule has 134 valence electrons. The highest BCUT2D eigenvalue weighted by atomic mass is 35.5. The third-order valence-electron chi connectivity index (χ3n) is 3.67. The molecule has 0 atom stereocenters. The predicted molar refractivity (Wildman–Crippen MR) is 105 cm³/mol. The summed E-state index contributed by atoms with van der Waals surface area (Å²) in [6.45, 7) is 2.72. The summed E-state index contributed by atoms with van der Waals surface area (Å²) in [5.74, 6) is 0.382. The first-order chi connectivity index (χ1) is 12.6. The van der Waals surface area contributed by atoms with E-state index in [9.17, 15) is 4.79 Å². The molecule has 3 rings (SSSR count). The number of benzene rings is 2. The Morgan fingerprint density at radius 1 is 1.08 bits per heavy atom. The van der Waals surface area contributed by atoms with E-state index in [0.29, 0.717) is 40.3 Å². The van der Waals surface area contributed by atoms with Gasteiger partial charge in [-0.25, -0.2) is 4.68 Å².